The molecule has 0 unspecified atom stereocenters. The molecule has 0 aliphatic heterocycles. The van der Waals surface area contributed by atoms with Crippen LogP contribution in [0.5, 0.6) is 0 Å². The van der Waals surface area contributed by atoms with Crippen LogP contribution >= 0.6 is 0 Å². The minimum absolute atomic E-state index is 0.171. The summed E-state index contributed by atoms with van der Waals surface area (Å²) in [6, 6.07) is 8.78. The molecule has 0 spiro atoms. The fraction of sp³-hybridized carbons (Fsp3) is 0.250. The molecule has 0 aromatic heterocycles. The van der Waals surface area contributed by atoms with Crippen LogP contribution in [-0.2, 0) is 16.4 Å². The van der Waals surface area contributed by atoms with E-state index in [2.05, 4.69) is 0 Å². The maximum atomic E-state index is 10.8. The van der Waals surface area contributed by atoms with E-state index in [1.165, 1.54) is 0 Å². The molecule has 0 bridgehead atoms. The molecule has 14 heavy (non-hydrogen) atoms. The van der Waals surface area contributed by atoms with E-state index in [0.717, 1.165) is 5.56 Å². The zero-order valence-electron chi connectivity index (χ0n) is 7.29. The monoisotopic (exact) mass is 215 g/mol. The van der Waals surface area contributed by atoms with Gasteiger partial charge in [0, 0.05) is 0 Å². The fourth-order valence-electron chi connectivity index (χ4n) is 0.966. The average molecular weight is 215 g/mol. The van der Waals surface area contributed by atoms with Crippen LogP contribution in [0.1, 0.15) is 5.56 Å². The van der Waals surface area contributed by atoms with Crippen LogP contribution in [0.25, 0.3) is 0 Å². The maximum absolute atomic E-state index is 10.8. The SMILES string of the molecule is O=[N+]([O-])S(=O)(=O)CCc1ccccc1. The van der Waals surface area contributed by atoms with Crippen molar-refractivity contribution >= 4 is 10.0 Å². The first-order valence-corrected chi connectivity index (χ1v) is 5.54. The molecule has 0 fully saturated rings. The predicted molar refractivity (Wildman–Crippen MR) is 50.9 cm³/mol. The van der Waals surface area contributed by atoms with Gasteiger partial charge in [-0.05, 0) is 12.0 Å². The minimum atomic E-state index is -4.17. The summed E-state index contributed by atoms with van der Waals surface area (Å²) in [6.45, 7) is 0. The number of nitrogens with zero attached hydrogens (tertiary/aromatic N) is 1. The lowest BCUT2D eigenvalue weighted by Gasteiger charge is -1.97. The van der Waals surface area contributed by atoms with Crippen LogP contribution < -0.4 is 0 Å². The summed E-state index contributed by atoms with van der Waals surface area (Å²) >= 11 is 0. The van der Waals surface area contributed by atoms with Crippen LogP contribution in [0.2, 0.25) is 0 Å². The molecule has 1 rings (SSSR count). The zero-order valence-corrected chi connectivity index (χ0v) is 8.11. The van der Waals surface area contributed by atoms with Gasteiger partial charge < -0.3 is 0 Å². The van der Waals surface area contributed by atoms with Crippen molar-refractivity contribution in [3.63, 3.8) is 0 Å². The van der Waals surface area contributed by atoms with Crippen molar-refractivity contribution in [1.82, 2.24) is 0 Å². The Bertz CT molecular complexity index is 412. The number of nitro groups is 1. The number of hydrogen-bond donors (Lipinski definition) is 0. The first-order valence-electron chi connectivity index (χ1n) is 3.93. The third-order valence-corrected chi connectivity index (χ3v) is 2.89. The molecule has 0 heterocycles. The van der Waals surface area contributed by atoms with Crippen molar-refractivity contribution in [3.8, 4) is 0 Å². The maximum Gasteiger partial charge on any atom is 0.418 e. The second-order valence-electron chi connectivity index (χ2n) is 2.75. The van der Waals surface area contributed by atoms with Crippen molar-refractivity contribution in [1.29, 1.82) is 0 Å². The molecule has 6 heteroatoms. The molecule has 0 saturated heterocycles. The van der Waals surface area contributed by atoms with E-state index < -0.39 is 20.1 Å². The number of hydrogen-bond acceptors (Lipinski definition) is 4. The summed E-state index contributed by atoms with van der Waals surface area (Å²) in [5, 5.41) is 10.1. The van der Waals surface area contributed by atoms with Crippen LogP contribution in [0.4, 0.5) is 0 Å². The number of sulfonamides is 1. The molecule has 76 valence electrons. The lowest BCUT2D eigenvalue weighted by atomic mass is 10.2. The first kappa shape index (κ1) is 10.6. The molecular weight excluding hydrogens is 206 g/mol. The van der Waals surface area contributed by atoms with Crippen molar-refractivity contribution in [2.75, 3.05) is 5.75 Å². The molecule has 1 aromatic rings. The van der Waals surface area contributed by atoms with Crippen LogP contribution in [-0.4, -0.2) is 18.5 Å². The van der Waals surface area contributed by atoms with Gasteiger partial charge in [-0.15, -0.1) is 0 Å². The summed E-state index contributed by atoms with van der Waals surface area (Å²) in [4.78, 5) is 10.1. The van der Waals surface area contributed by atoms with Gasteiger partial charge in [-0.2, -0.15) is 8.42 Å². The number of aryl methyl sites for hydroxylation is 1. The van der Waals surface area contributed by atoms with Crippen LogP contribution in [0.15, 0.2) is 30.3 Å². The van der Waals surface area contributed by atoms with Crippen LogP contribution in [0.3, 0.4) is 0 Å². The number of rotatable bonds is 4. The van der Waals surface area contributed by atoms with Crippen molar-refractivity contribution in [2.45, 2.75) is 6.42 Å². The Kier molecular flexibility index (Phi) is 3.19. The standard InChI is InChI=1S/C8H9NO4S/c10-9(11)14(12,13)7-6-8-4-2-1-3-5-8/h1-5H,6-7H2. The van der Waals surface area contributed by atoms with Gasteiger partial charge in [-0.25, -0.2) is 10.1 Å². The Morgan fingerprint density at radius 3 is 2.29 bits per heavy atom. The highest BCUT2D eigenvalue weighted by Gasteiger charge is 2.22. The summed E-state index contributed by atoms with van der Waals surface area (Å²) in [7, 11) is -4.17. The Morgan fingerprint density at radius 2 is 1.79 bits per heavy atom. The molecule has 0 amide bonds. The van der Waals surface area contributed by atoms with E-state index >= 15 is 0 Å². The van der Waals surface area contributed by atoms with Crippen molar-refractivity contribution in [3.05, 3.63) is 46.0 Å². The quantitative estimate of drug-likeness (QED) is 0.550. The molecular formula is C8H9NO4S. The van der Waals surface area contributed by atoms with Crippen LogP contribution in [0, 0.1) is 10.1 Å². The zero-order chi connectivity index (χ0) is 10.6. The second kappa shape index (κ2) is 4.19. The second-order valence-corrected chi connectivity index (χ2v) is 4.62. The smallest absolute Gasteiger partial charge is 0.247 e. The van der Waals surface area contributed by atoms with Crippen molar-refractivity contribution in [2.24, 2.45) is 0 Å². The lowest BCUT2D eigenvalue weighted by Crippen LogP contribution is -2.17. The average Bonchev–Trinajstić information content (AvgIpc) is 2.16. The Hall–Kier alpha value is -1.43. The van der Waals surface area contributed by atoms with E-state index in [1.54, 1.807) is 30.3 Å². The van der Waals surface area contributed by atoms with E-state index in [9.17, 15) is 18.5 Å². The summed E-state index contributed by atoms with van der Waals surface area (Å²) in [5.41, 5.74) is 0.776. The van der Waals surface area contributed by atoms with Gasteiger partial charge in [0.25, 0.3) is 0 Å². The highest BCUT2D eigenvalue weighted by Crippen LogP contribution is 2.02. The molecule has 1 aromatic carbocycles. The molecule has 0 N–H and O–H groups in total. The molecule has 0 aliphatic carbocycles. The van der Waals surface area contributed by atoms with Gasteiger partial charge in [-0.3, -0.25) is 0 Å². The van der Waals surface area contributed by atoms with E-state index in [4.69, 9.17) is 0 Å². The topological polar surface area (TPSA) is 77.3 Å². The summed E-state index contributed by atoms with van der Waals surface area (Å²) < 4.78 is 20.4. The minimum Gasteiger partial charge on any atom is -0.247 e. The number of benzene rings is 1. The van der Waals surface area contributed by atoms with E-state index in [0.29, 0.717) is 0 Å². The third-order valence-electron chi connectivity index (χ3n) is 1.72. The normalized spacial score (nSPS) is 11.1. The van der Waals surface area contributed by atoms with Gasteiger partial charge in [0.15, 0.2) is 4.33 Å². The molecule has 5 nitrogen and oxygen atoms in total. The lowest BCUT2D eigenvalue weighted by molar-refractivity contribution is -0.305. The van der Waals surface area contributed by atoms with Gasteiger partial charge in [0.2, 0.25) is 0 Å². The Labute approximate surface area is 81.6 Å². The summed E-state index contributed by atoms with van der Waals surface area (Å²) in [5.74, 6) is -0.454. The molecule has 0 atom stereocenters. The van der Waals surface area contributed by atoms with E-state index in [1.807, 2.05) is 0 Å². The highest BCUT2D eigenvalue weighted by molar-refractivity contribution is 7.85. The largest absolute Gasteiger partial charge is 0.418 e. The highest BCUT2D eigenvalue weighted by atomic mass is 32.2. The predicted octanol–water partition coefficient (Wildman–Crippen LogP) is 0.836. The Balaban J connectivity index is 2.63. The third kappa shape index (κ3) is 2.81. The fourth-order valence-corrected chi connectivity index (χ4v) is 1.61. The molecule has 0 aliphatic rings. The van der Waals surface area contributed by atoms with Crippen molar-refractivity contribution < 1.29 is 12.7 Å². The van der Waals surface area contributed by atoms with Gasteiger partial charge in [-0.1, -0.05) is 30.3 Å². The molecule has 0 saturated carbocycles. The van der Waals surface area contributed by atoms with Gasteiger partial charge in [0.1, 0.15) is 5.75 Å². The first-order chi connectivity index (χ1) is 6.52. The summed E-state index contributed by atoms with van der Waals surface area (Å²) in [6.07, 6.45) is 0.171. The molecule has 0 radical (unpaired) electrons. The van der Waals surface area contributed by atoms with E-state index in [-0.39, 0.29) is 6.42 Å². The Morgan fingerprint density at radius 1 is 1.21 bits per heavy atom. The van der Waals surface area contributed by atoms with Gasteiger partial charge in [0.05, 0.1) is 0 Å². The van der Waals surface area contributed by atoms with Gasteiger partial charge >= 0.3 is 10.0 Å².